The highest BCUT2D eigenvalue weighted by molar-refractivity contribution is 7.99. The molecule has 0 aliphatic heterocycles. The molecule has 72 valence electrons. The number of hydrogen-bond acceptors (Lipinski definition) is 3. The van der Waals surface area contributed by atoms with Crippen LogP contribution >= 0.6 is 11.8 Å². The van der Waals surface area contributed by atoms with Gasteiger partial charge in [0, 0.05) is 19.5 Å². The second kappa shape index (κ2) is 5.94. The van der Waals surface area contributed by atoms with Crippen molar-refractivity contribution in [2.75, 3.05) is 19.5 Å². The highest BCUT2D eigenvalue weighted by atomic mass is 32.2. The van der Waals surface area contributed by atoms with Gasteiger partial charge in [0.1, 0.15) is 0 Å². The van der Waals surface area contributed by atoms with Crippen LogP contribution in [-0.2, 0) is 4.74 Å². The van der Waals surface area contributed by atoms with Crippen molar-refractivity contribution < 1.29 is 9.13 Å². The fraction of sp³-hybridized carbons (Fsp3) is 0.444. The minimum absolute atomic E-state index is 0.420. The minimum atomic E-state index is -0.420. The molecule has 1 rings (SSSR count). The van der Waals surface area contributed by atoms with Gasteiger partial charge in [0.25, 0.3) is 0 Å². The summed E-state index contributed by atoms with van der Waals surface area (Å²) < 4.78 is 17.5. The van der Waals surface area contributed by atoms with Gasteiger partial charge in [0.05, 0.1) is 5.03 Å². The van der Waals surface area contributed by atoms with E-state index in [1.54, 1.807) is 31.0 Å². The maximum Gasteiger partial charge on any atom is 0.213 e. The molecule has 0 fully saturated rings. The van der Waals surface area contributed by atoms with Crippen molar-refractivity contribution in [3.05, 3.63) is 24.1 Å². The molecule has 0 saturated carbocycles. The fourth-order valence-electron chi connectivity index (χ4n) is 0.850. The summed E-state index contributed by atoms with van der Waals surface area (Å²) in [6, 6.07) is 4.82. The van der Waals surface area contributed by atoms with Crippen LogP contribution in [0.15, 0.2) is 23.2 Å². The zero-order valence-corrected chi connectivity index (χ0v) is 8.31. The molecule has 4 heteroatoms. The Morgan fingerprint density at radius 2 is 2.38 bits per heavy atom. The summed E-state index contributed by atoms with van der Waals surface area (Å²) in [7, 11) is 1.67. The molecule has 13 heavy (non-hydrogen) atoms. The molecule has 0 aliphatic carbocycles. The smallest absolute Gasteiger partial charge is 0.213 e. The van der Waals surface area contributed by atoms with Crippen LogP contribution in [-0.4, -0.2) is 24.5 Å². The number of hydrogen-bond donors (Lipinski definition) is 0. The standard InChI is InChI=1S/C9H12FNOS/c1-12-6-3-7-13-9-5-2-4-8(10)11-9/h2,4-5H,3,6-7H2,1H3. The number of nitrogens with zero attached hydrogens (tertiary/aromatic N) is 1. The lowest BCUT2D eigenvalue weighted by Crippen LogP contribution is -1.91. The first-order chi connectivity index (χ1) is 6.33. The zero-order chi connectivity index (χ0) is 9.52. The lowest BCUT2D eigenvalue weighted by molar-refractivity contribution is 0.200. The Morgan fingerprint density at radius 1 is 1.54 bits per heavy atom. The first-order valence-corrected chi connectivity index (χ1v) is 5.06. The van der Waals surface area contributed by atoms with Gasteiger partial charge in [-0.15, -0.1) is 11.8 Å². The maximum atomic E-state index is 12.6. The van der Waals surface area contributed by atoms with Crippen LogP contribution in [0.5, 0.6) is 0 Å². The second-order valence-corrected chi connectivity index (χ2v) is 3.61. The summed E-state index contributed by atoms with van der Waals surface area (Å²) >= 11 is 1.54. The van der Waals surface area contributed by atoms with E-state index in [0.29, 0.717) is 0 Å². The maximum absolute atomic E-state index is 12.6. The van der Waals surface area contributed by atoms with E-state index in [2.05, 4.69) is 4.98 Å². The van der Waals surface area contributed by atoms with Crippen molar-refractivity contribution in [1.82, 2.24) is 4.98 Å². The van der Waals surface area contributed by atoms with Gasteiger partial charge in [0.2, 0.25) is 5.95 Å². The number of aromatic nitrogens is 1. The molecule has 0 aliphatic rings. The van der Waals surface area contributed by atoms with Crippen LogP contribution in [0.25, 0.3) is 0 Å². The normalized spacial score (nSPS) is 10.3. The van der Waals surface area contributed by atoms with E-state index in [1.165, 1.54) is 6.07 Å². The average Bonchev–Trinajstić information content (AvgIpc) is 2.13. The number of halogens is 1. The van der Waals surface area contributed by atoms with E-state index in [0.717, 1.165) is 23.8 Å². The van der Waals surface area contributed by atoms with Crippen LogP contribution in [0.2, 0.25) is 0 Å². The van der Waals surface area contributed by atoms with Gasteiger partial charge in [-0.1, -0.05) is 6.07 Å². The van der Waals surface area contributed by atoms with Crippen molar-refractivity contribution in [2.24, 2.45) is 0 Å². The number of pyridine rings is 1. The number of ether oxygens (including phenoxy) is 1. The van der Waals surface area contributed by atoms with E-state index in [9.17, 15) is 4.39 Å². The van der Waals surface area contributed by atoms with E-state index < -0.39 is 5.95 Å². The lowest BCUT2D eigenvalue weighted by Gasteiger charge is -1.99. The summed E-state index contributed by atoms with van der Waals surface area (Å²) in [4.78, 5) is 3.73. The molecule has 0 atom stereocenters. The van der Waals surface area contributed by atoms with E-state index in [-0.39, 0.29) is 0 Å². The molecular weight excluding hydrogens is 189 g/mol. The Kier molecular flexibility index (Phi) is 4.78. The molecule has 0 bridgehead atoms. The summed E-state index contributed by atoms with van der Waals surface area (Å²) in [6.45, 7) is 0.738. The Balaban J connectivity index is 2.28. The average molecular weight is 201 g/mol. The van der Waals surface area contributed by atoms with E-state index in [1.807, 2.05) is 0 Å². The van der Waals surface area contributed by atoms with Gasteiger partial charge in [0.15, 0.2) is 0 Å². The van der Waals surface area contributed by atoms with E-state index >= 15 is 0 Å². The molecule has 0 amide bonds. The number of rotatable bonds is 5. The topological polar surface area (TPSA) is 22.1 Å². The van der Waals surface area contributed by atoms with Crippen LogP contribution in [0.4, 0.5) is 4.39 Å². The Hall–Kier alpha value is -0.610. The highest BCUT2D eigenvalue weighted by Gasteiger charge is 1.96. The minimum Gasteiger partial charge on any atom is -0.385 e. The first-order valence-electron chi connectivity index (χ1n) is 4.07. The quantitative estimate of drug-likeness (QED) is 0.415. The third-order valence-electron chi connectivity index (χ3n) is 1.43. The van der Waals surface area contributed by atoms with Crippen LogP contribution in [0.3, 0.4) is 0 Å². The van der Waals surface area contributed by atoms with Gasteiger partial charge >= 0.3 is 0 Å². The monoisotopic (exact) mass is 201 g/mol. The highest BCUT2D eigenvalue weighted by Crippen LogP contribution is 2.15. The van der Waals surface area contributed by atoms with Gasteiger partial charge in [-0.2, -0.15) is 4.39 Å². The van der Waals surface area contributed by atoms with Crippen molar-refractivity contribution in [3.63, 3.8) is 0 Å². The number of methoxy groups -OCH3 is 1. The summed E-state index contributed by atoms with van der Waals surface area (Å²) in [5, 5.41) is 0.733. The molecule has 1 aromatic rings. The molecule has 1 aromatic heterocycles. The molecule has 0 saturated heterocycles. The summed E-state index contributed by atoms with van der Waals surface area (Å²) in [5.74, 6) is 0.487. The van der Waals surface area contributed by atoms with Crippen LogP contribution in [0, 0.1) is 5.95 Å². The van der Waals surface area contributed by atoms with Crippen LogP contribution < -0.4 is 0 Å². The van der Waals surface area contributed by atoms with Gasteiger partial charge in [-0.05, 0) is 18.6 Å². The molecular formula is C9H12FNOS. The van der Waals surface area contributed by atoms with Crippen molar-refractivity contribution in [2.45, 2.75) is 11.4 Å². The Bertz CT molecular complexity index is 257. The largest absolute Gasteiger partial charge is 0.385 e. The molecule has 0 radical (unpaired) electrons. The lowest BCUT2D eigenvalue weighted by atomic mass is 10.5. The molecule has 0 aromatic carbocycles. The van der Waals surface area contributed by atoms with Crippen LogP contribution in [0.1, 0.15) is 6.42 Å². The summed E-state index contributed by atoms with van der Waals surface area (Å²) in [6.07, 6.45) is 0.958. The van der Waals surface area contributed by atoms with Gasteiger partial charge in [-0.25, -0.2) is 4.98 Å². The molecule has 0 N–H and O–H groups in total. The van der Waals surface area contributed by atoms with Crippen molar-refractivity contribution in [1.29, 1.82) is 0 Å². The van der Waals surface area contributed by atoms with Gasteiger partial charge < -0.3 is 4.74 Å². The SMILES string of the molecule is COCCCSc1cccc(F)n1. The molecule has 2 nitrogen and oxygen atoms in total. The molecule has 0 spiro atoms. The second-order valence-electron chi connectivity index (χ2n) is 2.49. The fourth-order valence-corrected chi connectivity index (χ4v) is 1.65. The molecule has 1 heterocycles. The van der Waals surface area contributed by atoms with Gasteiger partial charge in [-0.3, -0.25) is 0 Å². The summed E-state index contributed by atoms with van der Waals surface area (Å²) in [5.41, 5.74) is 0. The van der Waals surface area contributed by atoms with Crippen molar-refractivity contribution in [3.8, 4) is 0 Å². The first kappa shape index (κ1) is 10.5. The predicted octanol–water partition coefficient (Wildman–Crippen LogP) is 2.35. The number of thioether (sulfide) groups is 1. The third-order valence-corrected chi connectivity index (χ3v) is 2.45. The van der Waals surface area contributed by atoms with Crippen molar-refractivity contribution >= 4 is 11.8 Å². The van der Waals surface area contributed by atoms with E-state index in [4.69, 9.17) is 4.74 Å². The molecule has 0 unspecified atom stereocenters. The Morgan fingerprint density at radius 3 is 3.08 bits per heavy atom. The zero-order valence-electron chi connectivity index (χ0n) is 7.50. The Labute approximate surface area is 81.5 Å². The third kappa shape index (κ3) is 4.24. The predicted molar refractivity (Wildman–Crippen MR) is 51.4 cm³/mol.